The third kappa shape index (κ3) is 3.62. The van der Waals surface area contributed by atoms with Gasteiger partial charge in [-0.2, -0.15) is 0 Å². The summed E-state index contributed by atoms with van der Waals surface area (Å²) in [5.41, 5.74) is 7.77. The normalized spacial score (nSPS) is 16.7. The number of esters is 1. The van der Waals surface area contributed by atoms with Crippen molar-refractivity contribution in [2.45, 2.75) is 32.8 Å². The van der Waals surface area contributed by atoms with E-state index in [2.05, 4.69) is 6.92 Å². The van der Waals surface area contributed by atoms with E-state index >= 15 is 0 Å². The first-order valence-electron chi connectivity index (χ1n) is 7.70. The van der Waals surface area contributed by atoms with Crippen LogP contribution in [0.2, 0.25) is 0 Å². The van der Waals surface area contributed by atoms with E-state index in [-0.39, 0.29) is 12.6 Å². The van der Waals surface area contributed by atoms with Crippen molar-refractivity contribution >= 4 is 23.2 Å². The first kappa shape index (κ1) is 15.7. The molecule has 1 aromatic carbocycles. The summed E-state index contributed by atoms with van der Waals surface area (Å²) in [5.74, 6) is -0.0623. The zero-order valence-corrected chi connectivity index (χ0v) is 13.8. The van der Waals surface area contributed by atoms with Gasteiger partial charge in [-0.15, -0.1) is 11.3 Å². The number of ether oxygens (including phenoxy) is 1. The molecule has 0 radical (unpaired) electrons. The highest BCUT2D eigenvalue weighted by atomic mass is 32.1. The third-order valence-corrected chi connectivity index (χ3v) is 5.36. The minimum atomic E-state index is -0.466. The SMILES string of the molecule is C[C@H]1CCc2sc(C(=O)OCc3ccc(C(N)=O)cc3)cc2C1. The molecular formula is C18H19NO3S. The number of hydrogen-bond donors (Lipinski definition) is 1. The Bertz CT molecular complexity index is 733. The summed E-state index contributed by atoms with van der Waals surface area (Å²) in [6.45, 7) is 2.44. The van der Waals surface area contributed by atoms with Crippen molar-refractivity contribution in [2.24, 2.45) is 11.7 Å². The fourth-order valence-corrected chi connectivity index (χ4v) is 3.89. The molecule has 4 nitrogen and oxygen atoms in total. The lowest BCUT2D eigenvalue weighted by Gasteiger charge is -2.16. The zero-order chi connectivity index (χ0) is 16.4. The number of rotatable bonds is 4. The molecule has 0 spiro atoms. The number of aryl methyl sites for hydroxylation is 1. The lowest BCUT2D eigenvalue weighted by Crippen LogP contribution is -2.10. The van der Waals surface area contributed by atoms with Crippen LogP contribution in [0.5, 0.6) is 0 Å². The summed E-state index contributed by atoms with van der Waals surface area (Å²) < 4.78 is 5.37. The molecule has 0 saturated carbocycles. The van der Waals surface area contributed by atoms with Crippen molar-refractivity contribution in [1.29, 1.82) is 0 Å². The van der Waals surface area contributed by atoms with Crippen molar-refractivity contribution in [3.8, 4) is 0 Å². The first-order chi connectivity index (χ1) is 11.0. The summed E-state index contributed by atoms with van der Waals surface area (Å²) in [7, 11) is 0. The third-order valence-electron chi connectivity index (χ3n) is 4.14. The molecule has 2 aromatic rings. The molecule has 23 heavy (non-hydrogen) atoms. The van der Waals surface area contributed by atoms with Crippen LogP contribution in [0.15, 0.2) is 30.3 Å². The van der Waals surface area contributed by atoms with Crippen LogP contribution >= 0.6 is 11.3 Å². The monoisotopic (exact) mass is 329 g/mol. The Labute approximate surface area is 139 Å². The summed E-state index contributed by atoms with van der Waals surface area (Å²) in [6.07, 6.45) is 3.30. The predicted molar refractivity (Wildman–Crippen MR) is 89.6 cm³/mol. The van der Waals surface area contributed by atoms with Gasteiger partial charge in [-0.3, -0.25) is 4.79 Å². The lowest BCUT2D eigenvalue weighted by atomic mass is 9.90. The number of carbonyl (C=O) groups excluding carboxylic acids is 2. The zero-order valence-electron chi connectivity index (χ0n) is 13.0. The summed E-state index contributed by atoms with van der Waals surface area (Å²) in [6, 6.07) is 8.74. The van der Waals surface area contributed by atoms with Gasteiger partial charge in [-0.1, -0.05) is 19.1 Å². The van der Waals surface area contributed by atoms with Gasteiger partial charge in [0.15, 0.2) is 0 Å². The Kier molecular flexibility index (Phi) is 4.48. The standard InChI is InChI=1S/C18H19NO3S/c1-11-2-7-15-14(8-11)9-16(23-15)18(21)22-10-12-3-5-13(6-4-12)17(19)20/h3-6,9,11H,2,7-8,10H2,1H3,(H2,19,20)/t11-/m0/s1. The van der Waals surface area contributed by atoms with Crippen LogP contribution in [0.25, 0.3) is 0 Å². The van der Waals surface area contributed by atoms with Crippen LogP contribution in [-0.4, -0.2) is 11.9 Å². The molecule has 0 unspecified atom stereocenters. The van der Waals surface area contributed by atoms with Crippen LogP contribution in [-0.2, 0) is 24.2 Å². The number of amides is 1. The summed E-state index contributed by atoms with van der Waals surface area (Å²) in [4.78, 5) is 25.2. The predicted octanol–water partition coefficient (Wildman–Crippen LogP) is 3.33. The van der Waals surface area contributed by atoms with E-state index in [0.29, 0.717) is 16.4 Å². The second-order valence-corrected chi connectivity index (χ2v) is 7.18. The number of thiophene rings is 1. The van der Waals surface area contributed by atoms with Crippen LogP contribution in [0, 0.1) is 5.92 Å². The van der Waals surface area contributed by atoms with Crippen molar-refractivity contribution in [1.82, 2.24) is 0 Å². The molecule has 0 bridgehead atoms. The van der Waals surface area contributed by atoms with Gasteiger partial charge in [0.1, 0.15) is 11.5 Å². The maximum Gasteiger partial charge on any atom is 0.348 e. The highest BCUT2D eigenvalue weighted by molar-refractivity contribution is 7.14. The topological polar surface area (TPSA) is 69.4 Å². The Morgan fingerprint density at radius 2 is 2.04 bits per heavy atom. The van der Waals surface area contributed by atoms with Gasteiger partial charge in [0, 0.05) is 10.4 Å². The molecule has 0 aliphatic heterocycles. The number of carbonyl (C=O) groups is 2. The maximum atomic E-state index is 12.2. The minimum Gasteiger partial charge on any atom is -0.457 e. The molecule has 0 fully saturated rings. The van der Waals surface area contributed by atoms with Crippen LogP contribution in [0.1, 0.15) is 49.4 Å². The molecule has 120 valence electrons. The van der Waals surface area contributed by atoms with Crippen LogP contribution in [0.4, 0.5) is 0 Å². The average molecular weight is 329 g/mol. The van der Waals surface area contributed by atoms with Gasteiger partial charge in [0.25, 0.3) is 0 Å². The Morgan fingerprint density at radius 3 is 2.74 bits per heavy atom. The highest BCUT2D eigenvalue weighted by Gasteiger charge is 2.21. The van der Waals surface area contributed by atoms with E-state index in [9.17, 15) is 9.59 Å². The Morgan fingerprint density at radius 1 is 1.30 bits per heavy atom. The molecule has 5 heteroatoms. The number of nitrogens with two attached hydrogens (primary N) is 1. The molecule has 1 amide bonds. The van der Waals surface area contributed by atoms with Crippen molar-refractivity contribution in [3.63, 3.8) is 0 Å². The Hall–Kier alpha value is -2.14. The van der Waals surface area contributed by atoms with Gasteiger partial charge in [-0.25, -0.2) is 4.79 Å². The van der Waals surface area contributed by atoms with E-state index in [0.717, 1.165) is 18.4 Å². The molecule has 0 saturated heterocycles. The molecule has 2 N–H and O–H groups in total. The largest absolute Gasteiger partial charge is 0.457 e. The molecule has 1 heterocycles. The van der Waals surface area contributed by atoms with Gasteiger partial charge in [0.2, 0.25) is 5.91 Å². The van der Waals surface area contributed by atoms with Gasteiger partial charge >= 0.3 is 5.97 Å². The molecule has 1 atom stereocenters. The molecule has 3 rings (SSSR count). The maximum absolute atomic E-state index is 12.2. The van der Waals surface area contributed by atoms with Gasteiger partial charge < -0.3 is 10.5 Å². The van der Waals surface area contributed by atoms with E-state index < -0.39 is 5.91 Å². The van der Waals surface area contributed by atoms with Crippen LogP contribution < -0.4 is 5.73 Å². The first-order valence-corrected chi connectivity index (χ1v) is 8.52. The van der Waals surface area contributed by atoms with Crippen LogP contribution in [0.3, 0.4) is 0 Å². The quantitative estimate of drug-likeness (QED) is 0.875. The molecule has 1 aromatic heterocycles. The molecule has 1 aliphatic rings. The smallest absolute Gasteiger partial charge is 0.348 e. The second kappa shape index (κ2) is 6.54. The van der Waals surface area contributed by atoms with E-state index in [1.165, 1.54) is 16.9 Å². The van der Waals surface area contributed by atoms with Gasteiger partial charge in [-0.05, 0) is 54.5 Å². The Balaban J connectivity index is 1.62. The molecule has 1 aliphatic carbocycles. The highest BCUT2D eigenvalue weighted by Crippen LogP contribution is 2.32. The average Bonchev–Trinajstić information content (AvgIpc) is 2.96. The minimum absolute atomic E-state index is 0.191. The lowest BCUT2D eigenvalue weighted by molar-refractivity contribution is 0.0478. The molecular weight excluding hydrogens is 310 g/mol. The van der Waals surface area contributed by atoms with Crippen molar-refractivity contribution in [3.05, 3.63) is 56.8 Å². The van der Waals surface area contributed by atoms with E-state index in [1.54, 1.807) is 35.6 Å². The van der Waals surface area contributed by atoms with E-state index in [1.807, 2.05) is 6.07 Å². The number of hydrogen-bond acceptors (Lipinski definition) is 4. The van der Waals surface area contributed by atoms with E-state index in [4.69, 9.17) is 10.5 Å². The fourth-order valence-electron chi connectivity index (χ4n) is 2.79. The fraction of sp³-hybridized carbons (Fsp3) is 0.333. The van der Waals surface area contributed by atoms with Gasteiger partial charge in [0.05, 0.1) is 0 Å². The number of fused-ring (bicyclic) bond motifs is 1. The number of benzene rings is 1. The van der Waals surface area contributed by atoms with Crippen molar-refractivity contribution in [2.75, 3.05) is 0 Å². The summed E-state index contributed by atoms with van der Waals surface area (Å²) >= 11 is 1.55. The summed E-state index contributed by atoms with van der Waals surface area (Å²) in [5, 5.41) is 0. The second-order valence-electron chi connectivity index (χ2n) is 6.04. The number of primary amides is 1. The van der Waals surface area contributed by atoms with Crippen molar-refractivity contribution < 1.29 is 14.3 Å².